The lowest BCUT2D eigenvalue weighted by Gasteiger charge is -2.13. The number of nitrogens with one attached hydrogen (secondary N) is 1. The largest absolute Gasteiger partial charge is 0.389 e. The van der Waals surface area contributed by atoms with Gasteiger partial charge in [0.1, 0.15) is 0 Å². The molecule has 3 nitrogen and oxygen atoms in total. The second-order valence-corrected chi connectivity index (χ2v) is 5.13. The molecule has 0 amide bonds. The number of hydrogen-bond acceptors (Lipinski definition) is 4. The van der Waals surface area contributed by atoms with Gasteiger partial charge in [-0.3, -0.25) is 0 Å². The van der Waals surface area contributed by atoms with Gasteiger partial charge >= 0.3 is 0 Å². The Kier molecular flexibility index (Phi) is 6.64. The SMILES string of the molecule is CC(C)COCC(O)CNCc1ccsc1. The Morgan fingerprint density at radius 3 is 2.88 bits per heavy atom. The number of ether oxygens (including phenoxy) is 1. The van der Waals surface area contributed by atoms with E-state index in [1.54, 1.807) is 11.3 Å². The Morgan fingerprint density at radius 1 is 1.44 bits per heavy atom. The highest BCUT2D eigenvalue weighted by Crippen LogP contribution is 2.04. The van der Waals surface area contributed by atoms with Crippen molar-refractivity contribution >= 4 is 11.3 Å². The molecule has 92 valence electrons. The van der Waals surface area contributed by atoms with E-state index < -0.39 is 6.10 Å². The molecule has 0 saturated carbocycles. The Bertz CT molecular complexity index is 262. The van der Waals surface area contributed by atoms with Gasteiger partial charge in [0.15, 0.2) is 0 Å². The summed E-state index contributed by atoms with van der Waals surface area (Å²) in [7, 11) is 0. The molecule has 0 aliphatic heterocycles. The Labute approximate surface area is 101 Å². The summed E-state index contributed by atoms with van der Waals surface area (Å²) < 4.78 is 5.36. The van der Waals surface area contributed by atoms with Crippen molar-refractivity contribution in [2.75, 3.05) is 19.8 Å². The second kappa shape index (κ2) is 7.79. The summed E-state index contributed by atoms with van der Waals surface area (Å²) in [6, 6.07) is 2.08. The quantitative estimate of drug-likeness (QED) is 0.732. The van der Waals surface area contributed by atoms with Gasteiger partial charge in [-0.25, -0.2) is 0 Å². The molecule has 0 fully saturated rings. The minimum absolute atomic E-state index is 0.412. The molecular weight excluding hydrogens is 222 g/mol. The number of aliphatic hydroxyl groups excluding tert-OH is 1. The van der Waals surface area contributed by atoms with Crippen molar-refractivity contribution in [1.82, 2.24) is 5.32 Å². The van der Waals surface area contributed by atoms with Crippen molar-refractivity contribution in [3.05, 3.63) is 22.4 Å². The lowest BCUT2D eigenvalue weighted by Crippen LogP contribution is -2.30. The molecule has 0 radical (unpaired) electrons. The predicted octanol–water partition coefficient (Wildman–Crippen LogP) is 1.87. The highest BCUT2D eigenvalue weighted by atomic mass is 32.1. The van der Waals surface area contributed by atoms with Crippen LogP contribution in [0.3, 0.4) is 0 Å². The molecule has 1 rings (SSSR count). The summed E-state index contributed by atoms with van der Waals surface area (Å²) in [4.78, 5) is 0. The molecular formula is C12H21NO2S. The van der Waals surface area contributed by atoms with Crippen LogP contribution in [0.4, 0.5) is 0 Å². The summed E-state index contributed by atoms with van der Waals surface area (Å²) in [5.41, 5.74) is 1.26. The first kappa shape index (κ1) is 13.6. The lowest BCUT2D eigenvalue weighted by atomic mass is 10.2. The van der Waals surface area contributed by atoms with Gasteiger partial charge in [0.05, 0.1) is 12.7 Å². The monoisotopic (exact) mass is 243 g/mol. The molecule has 0 aliphatic rings. The molecule has 1 aromatic heterocycles. The van der Waals surface area contributed by atoms with E-state index in [4.69, 9.17) is 4.74 Å². The maximum Gasteiger partial charge on any atom is 0.0897 e. The summed E-state index contributed by atoms with van der Waals surface area (Å²) in [5.74, 6) is 0.519. The van der Waals surface area contributed by atoms with Gasteiger partial charge in [0.2, 0.25) is 0 Å². The molecule has 1 unspecified atom stereocenters. The molecule has 16 heavy (non-hydrogen) atoms. The first-order valence-electron chi connectivity index (χ1n) is 5.66. The standard InChI is InChI=1S/C12H21NO2S/c1-10(2)7-15-8-12(14)6-13-5-11-3-4-16-9-11/h3-4,9-10,12-14H,5-8H2,1-2H3. The lowest BCUT2D eigenvalue weighted by molar-refractivity contribution is 0.0260. The van der Waals surface area contributed by atoms with E-state index in [1.165, 1.54) is 5.56 Å². The van der Waals surface area contributed by atoms with Crippen LogP contribution in [0.5, 0.6) is 0 Å². The summed E-state index contributed by atoms with van der Waals surface area (Å²) in [6.45, 7) is 6.71. The minimum atomic E-state index is -0.419. The summed E-state index contributed by atoms with van der Waals surface area (Å²) in [5, 5.41) is 17.0. The minimum Gasteiger partial charge on any atom is -0.389 e. The second-order valence-electron chi connectivity index (χ2n) is 4.35. The van der Waals surface area contributed by atoms with Crippen molar-refractivity contribution in [1.29, 1.82) is 0 Å². The molecule has 0 spiro atoms. The van der Waals surface area contributed by atoms with Crippen LogP contribution in [0.1, 0.15) is 19.4 Å². The van der Waals surface area contributed by atoms with Crippen LogP contribution in [0, 0.1) is 5.92 Å². The normalized spacial score (nSPS) is 13.2. The third-order valence-corrected chi connectivity index (χ3v) is 2.78. The van der Waals surface area contributed by atoms with Crippen LogP contribution in [0.2, 0.25) is 0 Å². The fourth-order valence-corrected chi connectivity index (χ4v) is 1.94. The van der Waals surface area contributed by atoms with Crippen molar-refractivity contribution in [2.24, 2.45) is 5.92 Å². The molecule has 2 N–H and O–H groups in total. The van der Waals surface area contributed by atoms with Gasteiger partial charge in [-0.15, -0.1) is 0 Å². The number of thiophene rings is 1. The number of hydrogen-bond donors (Lipinski definition) is 2. The first-order chi connectivity index (χ1) is 7.68. The number of aliphatic hydroxyl groups is 1. The predicted molar refractivity (Wildman–Crippen MR) is 67.7 cm³/mol. The average molecular weight is 243 g/mol. The zero-order valence-electron chi connectivity index (χ0n) is 9.98. The third kappa shape index (κ3) is 6.23. The van der Waals surface area contributed by atoms with Crippen molar-refractivity contribution < 1.29 is 9.84 Å². The number of rotatable bonds is 8. The smallest absolute Gasteiger partial charge is 0.0897 e. The van der Waals surface area contributed by atoms with Crippen LogP contribution >= 0.6 is 11.3 Å². The van der Waals surface area contributed by atoms with E-state index in [2.05, 4.69) is 36.0 Å². The topological polar surface area (TPSA) is 41.5 Å². The molecule has 1 heterocycles. The van der Waals surface area contributed by atoms with Gasteiger partial charge in [-0.2, -0.15) is 11.3 Å². The van der Waals surface area contributed by atoms with Crippen LogP contribution < -0.4 is 5.32 Å². The maximum atomic E-state index is 9.61. The van der Waals surface area contributed by atoms with E-state index >= 15 is 0 Å². The van der Waals surface area contributed by atoms with Crippen LogP contribution in [0.25, 0.3) is 0 Å². The molecule has 1 aromatic rings. The van der Waals surface area contributed by atoms with Crippen molar-refractivity contribution in [3.63, 3.8) is 0 Å². The van der Waals surface area contributed by atoms with Gasteiger partial charge in [-0.05, 0) is 28.3 Å². The van der Waals surface area contributed by atoms with Crippen molar-refractivity contribution in [3.8, 4) is 0 Å². The molecule has 0 aliphatic carbocycles. The molecule has 1 atom stereocenters. The van der Waals surface area contributed by atoms with Crippen LogP contribution in [-0.4, -0.2) is 31.0 Å². The zero-order valence-corrected chi connectivity index (χ0v) is 10.8. The van der Waals surface area contributed by atoms with Gasteiger partial charge in [0, 0.05) is 19.7 Å². The van der Waals surface area contributed by atoms with Crippen molar-refractivity contribution in [2.45, 2.75) is 26.5 Å². The Hall–Kier alpha value is -0.420. The van der Waals surface area contributed by atoms with Gasteiger partial charge < -0.3 is 15.2 Å². The van der Waals surface area contributed by atoms with Gasteiger partial charge in [-0.1, -0.05) is 13.8 Å². The molecule has 4 heteroatoms. The van der Waals surface area contributed by atoms with E-state index in [-0.39, 0.29) is 0 Å². The van der Waals surface area contributed by atoms with E-state index in [0.29, 0.717) is 25.7 Å². The first-order valence-corrected chi connectivity index (χ1v) is 6.60. The molecule has 0 saturated heterocycles. The summed E-state index contributed by atoms with van der Waals surface area (Å²) >= 11 is 1.69. The molecule has 0 aromatic carbocycles. The highest BCUT2D eigenvalue weighted by Gasteiger charge is 2.04. The fraction of sp³-hybridized carbons (Fsp3) is 0.667. The average Bonchev–Trinajstić information content (AvgIpc) is 2.70. The zero-order chi connectivity index (χ0) is 11.8. The van der Waals surface area contributed by atoms with Gasteiger partial charge in [0.25, 0.3) is 0 Å². The van der Waals surface area contributed by atoms with E-state index in [0.717, 1.165) is 6.54 Å². The Balaban J connectivity index is 2.00. The highest BCUT2D eigenvalue weighted by molar-refractivity contribution is 7.07. The maximum absolute atomic E-state index is 9.61. The molecule has 0 bridgehead atoms. The van der Waals surface area contributed by atoms with Crippen LogP contribution in [0.15, 0.2) is 16.8 Å². The summed E-state index contributed by atoms with van der Waals surface area (Å²) in [6.07, 6.45) is -0.419. The third-order valence-electron chi connectivity index (χ3n) is 2.05. The van der Waals surface area contributed by atoms with E-state index in [1.807, 2.05) is 0 Å². The van der Waals surface area contributed by atoms with Crippen LogP contribution in [-0.2, 0) is 11.3 Å². The fourth-order valence-electron chi connectivity index (χ4n) is 1.28. The van der Waals surface area contributed by atoms with E-state index in [9.17, 15) is 5.11 Å². The Morgan fingerprint density at radius 2 is 2.25 bits per heavy atom.